The molecule has 0 heterocycles. The van der Waals surface area contributed by atoms with Gasteiger partial charge in [0.2, 0.25) is 0 Å². The fourth-order valence-electron chi connectivity index (χ4n) is 7.70. The van der Waals surface area contributed by atoms with E-state index in [1.807, 2.05) is 0 Å². The molecule has 0 aromatic heterocycles. The maximum absolute atomic E-state index is 12.2. The number of hydrogen-bond acceptors (Lipinski definition) is 0. The minimum Gasteiger partial charge on any atom is -0.251 e. The molecule has 0 N–H and O–H groups in total. The van der Waals surface area contributed by atoms with E-state index in [9.17, 15) is 4.39 Å². The Labute approximate surface area is 204 Å². The normalized spacial score (nSPS) is 33.2. The lowest BCUT2D eigenvalue weighted by atomic mass is 9.67. The van der Waals surface area contributed by atoms with Crippen molar-refractivity contribution in [3.63, 3.8) is 0 Å². The Morgan fingerprint density at radius 1 is 0.576 bits per heavy atom. The molecule has 0 aliphatic heterocycles. The van der Waals surface area contributed by atoms with Gasteiger partial charge in [-0.2, -0.15) is 0 Å². The van der Waals surface area contributed by atoms with E-state index in [0.717, 1.165) is 48.3 Å². The summed E-state index contributed by atoms with van der Waals surface area (Å²) in [7, 11) is 0. The molecule has 3 aliphatic carbocycles. The fourth-order valence-corrected chi connectivity index (χ4v) is 7.70. The first-order valence-electron chi connectivity index (χ1n) is 14.8. The Kier molecular flexibility index (Phi) is 10.2. The molecule has 0 spiro atoms. The molecule has 33 heavy (non-hydrogen) atoms. The molecule has 0 nitrogen and oxygen atoms in total. The molecule has 0 radical (unpaired) electrons. The van der Waals surface area contributed by atoms with E-state index in [0.29, 0.717) is 0 Å². The van der Waals surface area contributed by atoms with Crippen LogP contribution in [0.15, 0.2) is 24.3 Å². The number of aryl methyl sites for hydroxylation is 1. The molecule has 0 unspecified atom stereocenters. The van der Waals surface area contributed by atoms with Gasteiger partial charge in [0, 0.05) is 0 Å². The van der Waals surface area contributed by atoms with Crippen LogP contribution in [0.4, 0.5) is 4.39 Å². The van der Waals surface area contributed by atoms with Crippen LogP contribution >= 0.6 is 0 Å². The number of halogens is 1. The Bertz CT molecular complexity index is 640. The summed E-state index contributed by atoms with van der Waals surface area (Å²) in [5, 5.41) is 0. The SMILES string of the molecule is Cc1ccc([C@H]2CC[C@H]([C@H]3CC[C@H](CC[C@H]4CC[C@H](CCCCCF)CC4)CC3)CC2)cc1. The summed E-state index contributed by atoms with van der Waals surface area (Å²) >= 11 is 0. The molecule has 0 atom stereocenters. The van der Waals surface area contributed by atoms with Crippen LogP contribution in [0.5, 0.6) is 0 Å². The first-order chi connectivity index (χ1) is 16.2. The molecular weight excluding hydrogens is 403 g/mol. The van der Waals surface area contributed by atoms with Crippen molar-refractivity contribution in [2.45, 2.75) is 128 Å². The van der Waals surface area contributed by atoms with Gasteiger partial charge in [0.05, 0.1) is 6.67 Å². The Hall–Kier alpha value is -0.850. The molecule has 186 valence electrons. The zero-order valence-electron chi connectivity index (χ0n) is 21.6. The predicted octanol–water partition coefficient (Wildman–Crippen LogP) is 10.2. The van der Waals surface area contributed by atoms with Crippen LogP contribution in [-0.2, 0) is 0 Å². The molecule has 3 saturated carbocycles. The van der Waals surface area contributed by atoms with Gasteiger partial charge in [-0.1, -0.05) is 100 Å². The van der Waals surface area contributed by atoms with Crippen molar-refractivity contribution in [2.24, 2.45) is 29.6 Å². The van der Waals surface area contributed by atoms with Crippen LogP contribution < -0.4 is 0 Å². The second-order valence-corrected chi connectivity index (χ2v) is 12.3. The van der Waals surface area contributed by atoms with E-state index >= 15 is 0 Å². The number of unbranched alkanes of at least 4 members (excludes halogenated alkanes) is 2. The summed E-state index contributed by atoms with van der Waals surface area (Å²) in [5.41, 5.74) is 2.98. The summed E-state index contributed by atoms with van der Waals surface area (Å²) in [5.74, 6) is 5.88. The van der Waals surface area contributed by atoms with E-state index in [4.69, 9.17) is 0 Å². The highest BCUT2D eigenvalue weighted by atomic mass is 19.1. The van der Waals surface area contributed by atoms with Crippen molar-refractivity contribution in [1.29, 1.82) is 0 Å². The van der Waals surface area contributed by atoms with Crippen LogP contribution in [0.2, 0.25) is 0 Å². The second kappa shape index (κ2) is 13.3. The summed E-state index contributed by atoms with van der Waals surface area (Å²) in [6, 6.07) is 9.36. The maximum atomic E-state index is 12.2. The highest BCUT2D eigenvalue weighted by Gasteiger charge is 2.31. The maximum Gasteiger partial charge on any atom is 0.0894 e. The Morgan fingerprint density at radius 3 is 1.61 bits per heavy atom. The van der Waals surface area contributed by atoms with Crippen molar-refractivity contribution >= 4 is 0 Å². The fraction of sp³-hybridized carbons (Fsp3) is 0.812. The third-order valence-corrected chi connectivity index (χ3v) is 10.1. The summed E-state index contributed by atoms with van der Waals surface area (Å²) in [6.45, 7) is 2.08. The van der Waals surface area contributed by atoms with Gasteiger partial charge in [-0.3, -0.25) is 4.39 Å². The molecule has 1 aromatic carbocycles. The van der Waals surface area contributed by atoms with Crippen LogP contribution in [0.1, 0.15) is 133 Å². The van der Waals surface area contributed by atoms with Gasteiger partial charge >= 0.3 is 0 Å². The molecule has 3 fully saturated rings. The molecule has 0 saturated heterocycles. The van der Waals surface area contributed by atoms with Crippen LogP contribution in [0.25, 0.3) is 0 Å². The van der Waals surface area contributed by atoms with Crippen LogP contribution in [-0.4, -0.2) is 6.67 Å². The standard InChI is InChI=1S/C32H51F/c1-25-6-16-29(17-7-25)31-20-22-32(23-21-31)30-18-14-28(15-19-30)13-12-27-10-8-26(9-11-27)5-3-2-4-24-33/h6-7,16-17,26-28,30-32H,2-5,8-15,18-24H2,1H3/t26-,27-,28-,30-,31-,32-. The van der Waals surface area contributed by atoms with E-state index in [-0.39, 0.29) is 6.67 Å². The van der Waals surface area contributed by atoms with Crippen molar-refractivity contribution in [1.82, 2.24) is 0 Å². The summed E-state index contributed by atoms with van der Waals surface area (Å²) in [6.07, 6.45) is 25.3. The molecule has 0 amide bonds. The van der Waals surface area contributed by atoms with E-state index in [2.05, 4.69) is 31.2 Å². The van der Waals surface area contributed by atoms with E-state index in [1.54, 1.807) is 5.56 Å². The van der Waals surface area contributed by atoms with Gasteiger partial charge in [0.15, 0.2) is 0 Å². The quantitative estimate of drug-likeness (QED) is 0.308. The zero-order valence-corrected chi connectivity index (χ0v) is 21.6. The van der Waals surface area contributed by atoms with Crippen molar-refractivity contribution in [2.75, 3.05) is 6.67 Å². The summed E-state index contributed by atoms with van der Waals surface area (Å²) < 4.78 is 12.2. The van der Waals surface area contributed by atoms with Crippen LogP contribution in [0, 0.1) is 36.5 Å². The van der Waals surface area contributed by atoms with Crippen molar-refractivity contribution in [3.05, 3.63) is 35.4 Å². The third-order valence-electron chi connectivity index (χ3n) is 10.1. The third kappa shape index (κ3) is 7.83. The van der Waals surface area contributed by atoms with Gasteiger partial charge < -0.3 is 0 Å². The largest absolute Gasteiger partial charge is 0.251 e. The highest BCUT2D eigenvalue weighted by molar-refractivity contribution is 5.24. The van der Waals surface area contributed by atoms with Gasteiger partial charge in [-0.25, -0.2) is 0 Å². The molecule has 1 heteroatoms. The number of rotatable bonds is 10. The first kappa shape index (κ1) is 25.2. The minimum absolute atomic E-state index is 0.121. The topological polar surface area (TPSA) is 0 Å². The van der Waals surface area contributed by atoms with Crippen molar-refractivity contribution < 1.29 is 4.39 Å². The van der Waals surface area contributed by atoms with Gasteiger partial charge in [-0.05, 0) is 92.9 Å². The lowest BCUT2D eigenvalue weighted by molar-refractivity contribution is 0.149. The Balaban J connectivity index is 1.07. The zero-order chi connectivity index (χ0) is 22.9. The van der Waals surface area contributed by atoms with E-state index < -0.39 is 0 Å². The molecule has 0 bridgehead atoms. The molecule has 1 aromatic rings. The monoisotopic (exact) mass is 454 g/mol. The molecule has 4 rings (SSSR count). The summed E-state index contributed by atoms with van der Waals surface area (Å²) in [4.78, 5) is 0. The molecular formula is C32H51F. The van der Waals surface area contributed by atoms with Gasteiger partial charge in [-0.15, -0.1) is 0 Å². The first-order valence-corrected chi connectivity index (χ1v) is 14.8. The lowest BCUT2D eigenvalue weighted by Crippen LogP contribution is -2.25. The van der Waals surface area contributed by atoms with Gasteiger partial charge in [0.25, 0.3) is 0 Å². The lowest BCUT2D eigenvalue weighted by Gasteiger charge is -2.38. The highest BCUT2D eigenvalue weighted by Crippen LogP contribution is 2.45. The average Bonchev–Trinajstić information content (AvgIpc) is 2.87. The predicted molar refractivity (Wildman–Crippen MR) is 140 cm³/mol. The number of alkyl halides is 1. The Morgan fingerprint density at radius 2 is 1.06 bits per heavy atom. The minimum atomic E-state index is -0.121. The molecule has 3 aliphatic rings. The van der Waals surface area contributed by atoms with Crippen LogP contribution in [0.3, 0.4) is 0 Å². The van der Waals surface area contributed by atoms with Crippen molar-refractivity contribution in [3.8, 4) is 0 Å². The van der Waals surface area contributed by atoms with Gasteiger partial charge in [0.1, 0.15) is 0 Å². The second-order valence-electron chi connectivity index (χ2n) is 12.3. The smallest absolute Gasteiger partial charge is 0.0894 e. The average molecular weight is 455 g/mol. The van der Waals surface area contributed by atoms with E-state index in [1.165, 1.54) is 108 Å². The number of benzene rings is 1. The number of hydrogen-bond donors (Lipinski definition) is 0.